The van der Waals surface area contributed by atoms with E-state index < -0.39 is 0 Å². The topological polar surface area (TPSA) is 50.9 Å². The van der Waals surface area contributed by atoms with E-state index in [1.165, 1.54) is 32.1 Å². The number of anilines is 1. The molecule has 3 rings (SSSR count). The number of guanidine groups is 1. The first kappa shape index (κ1) is 14.2. The van der Waals surface area contributed by atoms with Gasteiger partial charge in [0.05, 0.1) is 19.2 Å². The summed E-state index contributed by atoms with van der Waals surface area (Å²) in [6, 6.07) is 8.12. The van der Waals surface area contributed by atoms with Crippen molar-refractivity contribution in [2.45, 2.75) is 44.6 Å². The molecule has 0 amide bonds. The van der Waals surface area contributed by atoms with Crippen molar-refractivity contribution in [2.24, 2.45) is 16.6 Å². The molecule has 21 heavy (non-hydrogen) atoms. The van der Waals surface area contributed by atoms with Crippen molar-refractivity contribution in [2.75, 3.05) is 18.6 Å². The van der Waals surface area contributed by atoms with Gasteiger partial charge >= 0.3 is 0 Å². The summed E-state index contributed by atoms with van der Waals surface area (Å²) < 4.78 is 5.36. The Morgan fingerprint density at radius 1 is 1.29 bits per heavy atom. The van der Waals surface area contributed by atoms with Crippen LogP contribution in [-0.2, 0) is 0 Å². The molecule has 2 N–H and O–H groups in total. The lowest BCUT2D eigenvalue weighted by Gasteiger charge is -2.44. The lowest BCUT2D eigenvalue weighted by Crippen LogP contribution is -2.55. The number of methoxy groups -OCH3 is 1. The number of rotatable bonds is 3. The quantitative estimate of drug-likeness (QED) is 0.929. The summed E-state index contributed by atoms with van der Waals surface area (Å²) in [6.45, 7) is 3.10. The van der Waals surface area contributed by atoms with Crippen molar-refractivity contribution in [3.05, 3.63) is 24.3 Å². The molecule has 1 aromatic carbocycles. The van der Waals surface area contributed by atoms with E-state index in [0.29, 0.717) is 11.9 Å². The molecule has 114 valence electrons. The zero-order valence-electron chi connectivity index (χ0n) is 13.0. The highest BCUT2D eigenvalue weighted by Crippen LogP contribution is 2.41. The fraction of sp³-hybridized carbons (Fsp3) is 0.588. The minimum absolute atomic E-state index is 0.00311. The molecule has 1 unspecified atom stereocenters. The molecule has 1 heterocycles. The van der Waals surface area contributed by atoms with E-state index in [1.54, 1.807) is 7.11 Å². The number of hydrogen-bond acceptors (Lipinski definition) is 4. The van der Waals surface area contributed by atoms with Gasteiger partial charge in [0.25, 0.3) is 0 Å². The lowest BCUT2D eigenvalue weighted by molar-refractivity contribution is 0.237. The molecule has 0 bridgehead atoms. The minimum Gasteiger partial charge on any atom is -0.497 e. The van der Waals surface area contributed by atoms with E-state index in [2.05, 4.69) is 28.9 Å². The number of nitrogens with two attached hydrogens (primary N) is 1. The molecule has 1 aliphatic carbocycles. The summed E-state index contributed by atoms with van der Waals surface area (Å²) in [6.07, 6.45) is 6.57. The second-order valence-electron chi connectivity index (χ2n) is 6.40. The summed E-state index contributed by atoms with van der Waals surface area (Å²) in [5.74, 6) is 2.15. The summed E-state index contributed by atoms with van der Waals surface area (Å²) in [5, 5.41) is 0. The molecule has 1 saturated carbocycles. The standard InChI is InChI=1S/C17H25N3O/c1-17(13-7-4-3-5-8-13)12-19-16(18)20(17)14-9-6-10-15(11-14)21-2/h6,9-11,13H,3-5,7-8,12H2,1-2H3,(H2,18,19). The average molecular weight is 287 g/mol. The maximum atomic E-state index is 6.22. The third kappa shape index (κ3) is 2.47. The Labute approximate surface area is 127 Å². The van der Waals surface area contributed by atoms with Gasteiger partial charge < -0.3 is 15.4 Å². The highest BCUT2D eigenvalue weighted by Gasteiger charge is 2.45. The van der Waals surface area contributed by atoms with Crippen LogP contribution < -0.4 is 15.4 Å². The zero-order valence-corrected chi connectivity index (χ0v) is 13.0. The van der Waals surface area contributed by atoms with Crippen molar-refractivity contribution in [3.8, 4) is 5.75 Å². The fourth-order valence-corrected chi connectivity index (χ4v) is 3.86. The van der Waals surface area contributed by atoms with Crippen molar-refractivity contribution < 1.29 is 4.74 Å². The smallest absolute Gasteiger partial charge is 0.196 e. The van der Waals surface area contributed by atoms with Crippen LogP contribution in [0.1, 0.15) is 39.0 Å². The van der Waals surface area contributed by atoms with Gasteiger partial charge in [-0.3, -0.25) is 4.99 Å². The predicted octanol–water partition coefficient (Wildman–Crippen LogP) is 3.17. The number of hydrogen-bond donors (Lipinski definition) is 1. The van der Waals surface area contributed by atoms with Crippen LogP contribution in [0.3, 0.4) is 0 Å². The first-order valence-corrected chi connectivity index (χ1v) is 7.89. The van der Waals surface area contributed by atoms with Gasteiger partial charge in [-0.05, 0) is 37.8 Å². The highest BCUT2D eigenvalue weighted by molar-refractivity contribution is 5.98. The van der Waals surface area contributed by atoms with E-state index in [9.17, 15) is 0 Å². The maximum Gasteiger partial charge on any atom is 0.196 e. The first-order valence-electron chi connectivity index (χ1n) is 7.89. The fourth-order valence-electron chi connectivity index (χ4n) is 3.86. The Kier molecular flexibility index (Phi) is 3.79. The van der Waals surface area contributed by atoms with Gasteiger partial charge in [-0.1, -0.05) is 25.3 Å². The summed E-state index contributed by atoms with van der Waals surface area (Å²) in [7, 11) is 1.70. The van der Waals surface area contributed by atoms with Crippen LogP contribution in [0.15, 0.2) is 29.3 Å². The van der Waals surface area contributed by atoms with Crippen molar-refractivity contribution in [1.82, 2.24) is 0 Å². The molecule has 1 atom stereocenters. The summed E-state index contributed by atoms with van der Waals surface area (Å²) >= 11 is 0. The number of ether oxygens (including phenoxy) is 1. The summed E-state index contributed by atoms with van der Waals surface area (Å²) in [5.41, 5.74) is 7.30. The monoisotopic (exact) mass is 287 g/mol. The van der Waals surface area contributed by atoms with Crippen LogP contribution in [0.5, 0.6) is 5.75 Å². The van der Waals surface area contributed by atoms with Gasteiger partial charge in [-0.15, -0.1) is 0 Å². The molecule has 0 spiro atoms. The largest absolute Gasteiger partial charge is 0.497 e. The number of aliphatic imine (C=N–C) groups is 1. The van der Waals surface area contributed by atoms with E-state index in [4.69, 9.17) is 10.5 Å². The zero-order chi connectivity index (χ0) is 14.9. The Balaban J connectivity index is 1.94. The average Bonchev–Trinajstić information content (AvgIpc) is 2.85. The molecule has 2 aliphatic rings. The third-order valence-corrected chi connectivity index (χ3v) is 5.10. The Bertz CT molecular complexity index is 537. The van der Waals surface area contributed by atoms with Crippen LogP contribution in [0, 0.1) is 5.92 Å². The second-order valence-corrected chi connectivity index (χ2v) is 6.40. The minimum atomic E-state index is -0.00311. The molecule has 0 radical (unpaired) electrons. The SMILES string of the molecule is COc1cccc(N2C(N)=NCC2(C)C2CCCCC2)c1. The van der Waals surface area contributed by atoms with Crippen LogP contribution in [0.4, 0.5) is 5.69 Å². The van der Waals surface area contributed by atoms with E-state index in [1.807, 2.05) is 12.1 Å². The summed E-state index contributed by atoms with van der Waals surface area (Å²) in [4.78, 5) is 6.79. The molecular formula is C17H25N3O. The molecule has 4 nitrogen and oxygen atoms in total. The molecule has 1 fully saturated rings. The molecule has 1 aliphatic heterocycles. The maximum absolute atomic E-state index is 6.22. The van der Waals surface area contributed by atoms with Crippen LogP contribution in [-0.4, -0.2) is 25.2 Å². The van der Waals surface area contributed by atoms with Crippen LogP contribution in [0.2, 0.25) is 0 Å². The molecule has 0 aromatic heterocycles. The number of benzene rings is 1. The molecule has 1 aromatic rings. The van der Waals surface area contributed by atoms with Crippen molar-refractivity contribution in [3.63, 3.8) is 0 Å². The van der Waals surface area contributed by atoms with Crippen molar-refractivity contribution >= 4 is 11.6 Å². The number of nitrogens with zero attached hydrogens (tertiary/aromatic N) is 2. The Morgan fingerprint density at radius 3 is 2.76 bits per heavy atom. The lowest BCUT2D eigenvalue weighted by atomic mass is 9.75. The van der Waals surface area contributed by atoms with Crippen LogP contribution in [0.25, 0.3) is 0 Å². The second kappa shape index (κ2) is 5.58. The molecule has 4 heteroatoms. The van der Waals surface area contributed by atoms with Crippen molar-refractivity contribution in [1.29, 1.82) is 0 Å². The van der Waals surface area contributed by atoms with Gasteiger partial charge in [0.1, 0.15) is 5.75 Å². The van der Waals surface area contributed by atoms with Gasteiger partial charge in [0.15, 0.2) is 5.96 Å². The van der Waals surface area contributed by atoms with Crippen LogP contribution >= 0.6 is 0 Å². The Hall–Kier alpha value is -1.71. The normalized spacial score (nSPS) is 26.8. The predicted molar refractivity (Wildman–Crippen MR) is 86.9 cm³/mol. The van der Waals surface area contributed by atoms with Gasteiger partial charge in [-0.2, -0.15) is 0 Å². The van der Waals surface area contributed by atoms with E-state index in [0.717, 1.165) is 18.0 Å². The van der Waals surface area contributed by atoms with Gasteiger partial charge in [0.2, 0.25) is 0 Å². The molecular weight excluding hydrogens is 262 g/mol. The molecule has 0 saturated heterocycles. The first-order chi connectivity index (χ1) is 10.1. The highest BCUT2D eigenvalue weighted by atomic mass is 16.5. The van der Waals surface area contributed by atoms with Gasteiger partial charge in [-0.25, -0.2) is 0 Å². The van der Waals surface area contributed by atoms with E-state index in [-0.39, 0.29) is 5.54 Å². The van der Waals surface area contributed by atoms with Gasteiger partial charge in [0, 0.05) is 11.8 Å². The third-order valence-electron chi connectivity index (χ3n) is 5.10. The Morgan fingerprint density at radius 2 is 2.05 bits per heavy atom. The van der Waals surface area contributed by atoms with E-state index >= 15 is 0 Å².